The van der Waals surface area contributed by atoms with Gasteiger partial charge in [0.25, 0.3) is 5.91 Å². The van der Waals surface area contributed by atoms with Gasteiger partial charge in [0.1, 0.15) is 6.33 Å². The van der Waals surface area contributed by atoms with Crippen LogP contribution in [0.5, 0.6) is 0 Å². The molecule has 0 spiro atoms. The number of H-pyrrole nitrogens is 1. The van der Waals surface area contributed by atoms with Crippen molar-refractivity contribution in [1.82, 2.24) is 25.4 Å². The number of hydrogen-bond donors (Lipinski definition) is 2. The molecule has 146 valence electrons. The quantitative estimate of drug-likeness (QED) is 0.674. The fourth-order valence-electron chi connectivity index (χ4n) is 3.16. The number of benzene rings is 1. The number of rotatable bonds is 8. The van der Waals surface area contributed by atoms with Crippen molar-refractivity contribution in [3.63, 3.8) is 0 Å². The number of aromatic amines is 1. The molecule has 1 amide bonds. The molecule has 8 heteroatoms. The fourth-order valence-corrected chi connectivity index (χ4v) is 3.90. The zero-order valence-corrected chi connectivity index (χ0v) is 16.7. The Morgan fingerprint density at radius 3 is 2.67 bits per heavy atom. The highest BCUT2D eigenvalue weighted by Gasteiger charge is 2.24. The zero-order valence-electron chi connectivity index (χ0n) is 15.9. The van der Waals surface area contributed by atoms with Gasteiger partial charge in [-0.3, -0.25) is 14.8 Å². The number of nitrogens with one attached hydrogen (secondary N) is 2. The first-order chi connectivity index (χ1) is 13.1. The molecular weight excluding hydrogens is 362 g/mol. The van der Waals surface area contributed by atoms with Crippen LogP contribution in [0.15, 0.2) is 35.7 Å². The van der Waals surface area contributed by atoms with Gasteiger partial charge in [-0.25, -0.2) is 4.98 Å². The number of thioether (sulfide) groups is 1. The molecule has 1 aliphatic heterocycles. The van der Waals surface area contributed by atoms with Crippen LogP contribution in [-0.2, 0) is 10.5 Å². The molecule has 0 bridgehead atoms. The Balaban J connectivity index is 1.50. The number of carbonyl (C=O) groups is 1. The van der Waals surface area contributed by atoms with Gasteiger partial charge >= 0.3 is 0 Å². The molecule has 1 fully saturated rings. The number of nitrogens with zero attached hydrogens (tertiary/aromatic N) is 3. The second-order valence-electron chi connectivity index (χ2n) is 6.95. The maximum Gasteiger partial charge on any atom is 0.251 e. The lowest BCUT2D eigenvalue weighted by Gasteiger charge is -2.36. The summed E-state index contributed by atoms with van der Waals surface area (Å²) in [5.74, 6) is 1.23. The van der Waals surface area contributed by atoms with Gasteiger partial charge in [0.15, 0.2) is 5.16 Å². The third-order valence-electron chi connectivity index (χ3n) is 4.74. The minimum Gasteiger partial charge on any atom is -0.379 e. The predicted molar refractivity (Wildman–Crippen MR) is 106 cm³/mol. The highest BCUT2D eigenvalue weighted by Crippen LogP contribution is 2.18. The van der Waals surface area contributed by atoms with Crippen molar-refractivity contribution >= 4 is 17.7 Å². The Kier molecular flexibility index (Phi) is 7.25. The summed E-state index contributed by atoms with van der Waals surface area (Å²) >= 11 is 1.58. The van der Waals surface area contributed by atoms with Crippen LogP contribution in [0.25, 0.3) is 0 Å². The number of hydrogen-bond acceptors (Lipinski definition) is 6. The van der Waals surface area contributed by atoms with Gasteiger partial charge in [-0.2, -0.15) is 5.10 Å². The molecular formula is C19H27N5O2S. The van der Waals surface area contributed by atoms with E-state index in [4.69, 9.17) is 4.74 Å². The lowest BCUT2D eigenvalue weighted by molar-refractivity contribution is 0.00673. The van der Waals surface area contributed by atoms with E-state index < -0.39 is 0 Å². The van der Waals surface area contributed by atoms with E-state index in [0.29, 0.717) is 24.1 Å². The van der Waals surface area contributed by atoms with Crippen LogP contribution in [0.2, 0.25) is 0 Å². The van der Waals surface area contributed by atoms with Crippen LogP contribution in [0.1, 0.15) is 29.8 Å². The minimum atomic E-state index is -0.0247. The van der Waals surface area contributed by atoms with Gasteiger partial charge in [0.05, 0.1) is 13.2 Å². The average molecular weight is 390 g/mol. The molecule has 27 heavy (non-hydrogen) atoms. The van der Waals surface area contributed by atoms with Crippen LogP contribution < -0.4 is 5.32 Å². The number of aromatic nitrogens is 3. The Labute approximate surface area is 164 Å². The highest BCUT2D eigenvalue weighted by molar-refractivity contribution is 7.98. The molecule has 1 saturated heterocycles. The van der Waals surface area contributed by atoms with E-state index in [9.17, 15) is 4.79 Å². The van der Waals surface area contributed by atoms with Crippen molar-refractivity contribution in [2.24, 2.45) is 5.92 Å². The Morgan fingerprint density at radius 1 is 1.30 bits per heavy atom. The molecule has 2 N–H and O–H groups in total. The molecule has 0 saturated carbocycles. The summed E-state index contributed by atoms with van der Waals surface area (Å²) < 4.78 is 5.44. The average Bonchev–Trinajstić information content (AvgIpc) is 3.21. The Bertz CT molecular complexity index is 699. The summed E-state index contributed by atoms with van der Waals surface area (Å²) in [7, 11) is 0. The molecule has 1 unspecified atom stereocenters. The van der Waals surface area contributed by atoms with E-state index in [1.165, 1.54) is 6.33 Å². The summed E-state index contributed by atoms with van der Waals surface area (Å²) in [5.41, 5.74) is 1.83. The first-order valence-corrected chi connectivity index (χ1v) is 10.3. The smallest absolute Gasteiger partial charge is 0.251 e. The van der Waals surface area contributed by atoms with E-state index in [1.54, 1.807) is 11.8 Å². The minimum absolute atomic E-state index is 0.0247. The normalized spacial score (nSPS) is 16.4. The monoisotopic (exact) mass is 389 g/mol. The highest BCUT2D eigenvalue weighted by atomic mass is 32.2. The zero-order chi connectivity index (χ0) is 19.1. The summed E-state index contributed by atoms with van der Waals surface area (Å²) in [5, 5.41) is 10.6. The number of ether oxygens (including phenoxy) is 1. The standard InChI is InChI=1S/C19H27N5O2S/c1-14(2)17(24-7-9-26-10-8-24)11-20-18(25)16-5-3-15(4-6-16)12-27-19-21-13-22-23-19/h3-6,13-14,17H,7-12H2,1-2H3,(H,20,25)(H,21,22,23). The number of carbonyl (C=O) groups excluding carboxylic acids is 1. The van der Waals surface area contributed by atoms with Crippen LogP contribution in [0, 0.1) is 5.92 Å². The van der Waals surface area contributed by atoms with Crippen LogP contribution in [0.4, 0.5) is 0 Å². The second kappa shape index (κ2) is 9.87. The summed E-state index contributed by atoms with van der Waals surface area (Å²) in [6.45, 7) is 8.45. The van der Waals surface area contributed by atoms with Gasteiger partial charge < -0.3 is 10.1 Å². The molecule has 0 aliphatic carbocycles. The van der Waals surface area contributed by atoms with Crippen molar-refractivity contribution in [2.45, 2.75) is 30.8 Å². The molecule has 2 heterocycles. The molecule has 2 aromatic rings. The van der Waals surface area contributed by atoms with E-state index >= 15 is 0 Å². The predicted octanol–water partition coefficient (Wildman–Crippen LogP) is 2.18. The first kappa shape index (κ1) is 19.9. The van der Waals surface area contributed by atoms with Crippen LogP contribution in [-0.4, -0.2) is 64.9 Å². The van der Waals surface area contributed by atoms with Crippen molar-refractivity contribution in [3.05, 3.63) is 41.7 Å². The van der Waals surface area contributed by atoms with Gasteiger partial charge in [-0.1, -0.05) is 37.7 Å². The molecule has 0 radical (unpaired) electrons. The largest absolute Gasteiger partial charge is 0.379 e. The van der Waals surface area contributed by atoms with E-state index in [2.05, 4.69) is 39.2 Å². The summed E-state index contributed by atoms with van der Waals surface area (Å²) in [4.78, 5) is 19.0. The molecule has 1 atom stereocenters. The van der Waals surface area contributed by atoms with Crippen LogP contribution >= 0.6 is 11.8 Å². The van der Waals surface area contributed by atoms with Gasteiger partial charge in [-0.05, 0) is 23.6 Å². The second-order valence-corrected chi connectivity index (χ2v) is 7.91. The van der Waals surface area contributed by atoms with Crippen LogP contribution in [0.3, 0.4) is 0 Å². The number of amides is 1. The molecule has 1 aromatic heterocycles. The molecule has 1 aromatic carbocycles. The lowest BCUT2D eigenvalue weighted by atomic mass is 10.0. The third kappa shape index (κ3) is 5.79. The Morgan fingerprint density at radius 2 is 2.04 bits per heavy atom. The van der Waals surface area contributed by atoms with Gasteiger partial charge in [-0.15, -0.1) is 0 Å². The SMILES string of the molecule is CC(C)C(CNC(=O)c1ccc(CSc2ncn[nH]2)cc1)N1CCOCC1. The van der Waals surface area contributed by atoms with E-state index in [-0.39, 0.29) is 5.91 Å². The van der Waals surface area contributed by atoms with Gasteiger partial charge in [0.2, 0.25) is 0 Å². The van der Waals surface area contributed by atoms with Crippen molar-refractivity contribution in [2.75, 3.05) is 32.8 Å². The maximum atomic E-state index is 12.5. The van der Waals surface area contributed by atoms with Crippen molar-refractivity contribution < 1.29 is 9.53 Å². The number of morpholine rings is 1. The Hall–Kier alpha value is -1.90. The van der Waals surface area contributed by atoms with E-state index in [0.717, 1.165) is 42.8 Å². The van der Waals surface area contributed by atoms with Gasteiger partial charge in [0, 0.05) is 37.0 Å². The molecule has 1 aliphatic rings. The third-order valence-corrected chi connectivity index (χ3v) is 5.69. The van der Waals surface area contributed by atoms with Crippen molar-refractivity contribution in [3.8, 4) is 0 Å². The fraction of sp³-hybridized carbons (Fsp3) is 0.526. The summed E-state index contributed by atoms with van der Waals surface area (Å²) in [6.07, 6.45) is 1.50. The topological polar surface area (TPSA) is 83.1 Å². The molecule has 7 nitrogen and oxygen atoms in total. The van der Waals surface area contributed by atoms with Crippen molar-refractivity contribution in [1.29, 1.82) is 0 Å². The summed E-state index contributed by atoms with van der Waals surface area (Å²) in [6, 6.07) is 8.06. The molecule has 3 rings (SSSR count). The first-order valence-electron chi connectivity index (χ1n) is 9.30. The van der Waals surface area contributed by atoms with E-state index in [1.807, 2.05) is 24.3 Å². The maximum absolute atomic E-state index is 12.5. The lowest BCUT2D eigenvalue weighted by Crippen LogP contribution is -2.51.